The smallest absolute Gasteiger partial charge is 0.387 e. The van der Waals surface area contributed by atoms with Crippen LogP contribution in [0, 0.1) is 11.8 Å². The summed E-state index contributed by atoms with van der Waals surface area (Å²) in [6, 6.07) is 7.15. The van der Waals surface area contributed by atoms with Crippen molar-refractivity contribution < 1.29 is 13.5 Å². The van der Waals surface area contributed by atoms with Crippen LogP contribution in [0.1, 0.15) is 31.9 Å². The van der Waals surface area contributed by atoms with Crippen LogP contribution in [0.4, 0.5) is 8.78 Å². The maximum Gasteiger partial charge on any atom is 0.387 e. The lowest BCUT2D eigenvalue weighted by Crippen LogP contribution is -2.43. The van der Waals surface area contributed by atoms with Crippen molar-refractivity contribution in [1.82, 2.24) is 4.90 Å². The van der Waals surface area contributed by atoms with Crippen LogP contribution < -0.4 is 10.5 Å². The number of likely N-dealkylation sites (tertiary alicyclic amines) is 1. The van der Waals surface area contributed by atoms with Gasteiger partial charge < -0.3 is 10.5 Å². The molecule has 1 aliphatic heterocycles. The number of halogens is 2. The number of nitrogens with zero attached hydrogens (tertiary/aromatic N) is 1. The first kappa shape index (κ1) is 16.2. The molecule has 1 fully saturated rings. The fraction of sp³-hybridized carbons (Fsp3) is 0.625. The van der Waals surface area contributed by atoms with Crippen molar-refractivity contribution in [1.29, 1.82) is 0 Å². The molecule has 5 heteroatoms. The van der Waals surface area contributed by atoms with Crippen molar-refractivity contribution >= 4 is 0 Å². The van der Waals surface area contributed by atoms with Crippen LogP contribution in [0.2, 0.25) is 0 Å². The van der Waals surface area contributed by atoms with E-state index in [2.05, 4.69) is 23.5 Å². The Hall–Kier alpha value is -1.20. The Balaban J connectivity index is 2.07. The Kier molecular flexibility index (Phi) is 5.53. The standard InChI is InChI=1S/C16H24F2N2O/c1-11-6-7-20(10-14(11)9-19)12(2)13-4-3-5-15(8-13)21-16(17)18/h3-5,8,11-12,14,16H,6-7,9-10,19H2,1-2H3. The lowest BCUT2D eigenvalue weighted by Gasteiger charge is -2.40. The minimum atomic E-state index is -2.78. The molecule has 0 saturated carbocycles. The van der Waals surface area contributed by atoms with E-state index in [9.17, 15) is 8.78 Å². The Labute approximate surface area is 125 Å². The summed E-state index contributed by atoms with van der Waals surface area (Å²) >= 11 is 0. The highest BCUT2D eigenvalue weighted by atomic mass is 19.3. The molecule has 3 nitrogen and oxygen atoms in total. The number of hydrogen-bond acceptors (Lipinski definition) is 3. The molecule has 0 spiro atoms. The number of ether oxygens (including phenoxy) is 1. The molecule has 1 saturated heterocycles. The quantitative estimate of drug-likeness (QED) is 0.906. The maximum absolute atomic E-state index is 12.3. The largest absolute Gasteiger partial charge is 0.435 e. The van der Waals surface area contributed by atoms with Gasteiger partial charge in [-0.3, -0.25) is 4.90 Å². The number of alkyl halides is 2. The second kappa shape index (κ2) is 7.18. The van der Waals surface area contributed by atoms with Crippen molar-refractivity contribution in [2.24, 2.45) is 17.6 Å². The summed E-state index contributed by atoms with van der Waals surface area (Å²) in [4.78, 5) is 2.37. The van der Waals surface area contributed by atoms with E-state index in [-0.39, 0.29) is 11.8 Å². The van der Waals surface area contributed by atoms with E-state index in [0.717, 1.165) is 25.1 Å². The Bertz CT molecular complexity index is 456. The van der Waals surface area contributed by atoms with E-state index in [0.29, 0.717) is 18.4 Å². The normalized spacial score (nSPS) is 25.0. The number of benzene rings is 1. The van der Waals surface area contributed by atoms with E-state index >= 15 is 0 Å². The van der Waals surface area contributed by atoms with Gasteiger partial charge in [-0.15, -0.1) is 0 Å². The fourth-order valence-corrected chi connectivity index (χ4v) is 3.00. The molecule has 0 radical (unpaired) electrons. The monoisotopic (exact) mass is 298 g/mol. The minimum absolute atomic E-state index is 0.174. The highest BCUT2D eigenvalue weighted by Crippen LogP contribution is 2.30. The predicted octanol–water partition coefficient (Wildman–Crippen LogP) is 3.27. The third-order valence-electron chi connectivity index (χ3n) is 4.56. The molecule has 0 amide bonds. The van der Waals surface area contributed by atoms with E-state index in [1.807, 2.05) is 6.07 Å². The van der Waals surface area contributed by atoms with Gasteiger partial charge in [0.25, 0.3) is 0 Å². The highest BCUT2D eigenvalue weighted by molar-refractivity contribution is 5.30. The molecule has 3 unspecified atom stereocenters. The first-order valence-electron chi connectivity index (χ1n) is 7.50. The number of rotatable bonds is 5. The van der Waals surface area contributed by atoms with E-state index in [1.165, 1.54) is 0 Å². The van der Waals surface area contributed by atoms with Gasteiger partial charge in [0.2, 0.25) is 0 Å². The summed E-state index contributed by atoms with van der Waals surface area (Å²) in [6.45, 7) is 4.23. The first-order valence-corrected chi connectivity index (χ1v) is 7.50. The van der Waals surface area contributed by atoms with Gasteiger partial charge in [-0.25, -0.2) is 0 Å². The zero-order valence-corrected chi connectivity index (χ0v) is 12.6. The molecule has 2 rings (SSSR count). The van der Waals surface area contributed by atoms with Gasteiger partial charge >= 0.3 is 6.61 Å². The van der Waals surface area contributed by atoms with Crippen LogP contribution in [-0.2, 0) is 0 Å². The van der Waals surface area contributed by atoms with Gasteiger partial charge in [0.05, 0.1) is 0 Å². The summed E-state index contributed by atoms with van der Waals surface area (Å²) in [7, 11) is 0. The molecule has 1 heterocycles. The molecule has 0 bridgehead atoms. The molecule has 3 atom stereocenters. The van der Waals surface area contributed by atoms with Crippen LogP contribution in [0.3, 0.4) is 0 Å². The zero-order valence-electron chi connectivity index (χ0n) is 12.6. The van der Waals surface area contributed by atoms with Crippen LogP contribution in [-0.4, -0.2) is 31.1 Å². The molecule has 118 valence electrons. The summed E-state index contributed by atoms with van der Waals surface area (Å²) in [5.41, 5.74) is 6.84. The summed E-state index contributed by atoms with van der Waals surface area (Å²) in [6.07, 6.45) is 1.12. The van der Waals surface area contributed by atoms with E-state index in [1.54, 1.807) is 18.2 Å². The number of nitrogens with two attached hydrogens (primary N) is 1. The third-order valence-corrected chi connectivity index (χ3v) is 4.56. The van der Waals surface area contributed by atoms with Crippen molar-refractivity contribution in [3.8, 4) is 5.75 Å². The average molecular weight is 298 g/mol. The molecule has 1 aromatic carbocycles. The van der Waals surface area contributed by atoms with Crippen LogP contribution in [0.15, 0.2) is 24.3 Å². The molecular weight excluding hydrogens is 274 g/mol. The Morgan fingerprint density at radius 2 is 2.19 bits per heavy atom. The van der Waals surface area contributed by atoms with Crippen LogP contribution >= 0.6 is 0 Å². The van der Waals surface area contributed by atoms with Crippen molar-refractivity contribution in [3.63, 3.8) is 0 Å². The maximum atomic E-state index is 12.3. The third kappa shape index (κ3) is 4.14. The van der Waals surface area contributed by atoms with Gasteiger partial charge in [-0.05, 0) is 56.0 Å². The minimum Gasteiger partial charge on any atom is -0.435 e. The van der Waals surface area contributed by atoms with Crippen molar-refractivity contribution in [2.45, 2.75) is 32.9 Å². The Morgan fingerprint density at radius 3 is 2.86 bits per heavy atom. The topological polar surface area (TPSA) is 38.5 Å². The molecular formula is C16H24F2N2O. The van der Waals surface area contributed by atoms with Gasteiger partial charge in [0.15, 0.2) is 0 Å². The van der Waals surface area contributed by atoms with Gasteiger partial charge in [0.1, 0.15) is 5.75 Å². The summed E-state index contributed by atoms with van der Waals surface area (Å²) in [5, 5.41) is 0. The second-order valence-corrected chi connectivity index (χ2v) is 5.88. The summed E-state index contributed by atoms with van der Waals surface area (Å²) < 4.78 is 29.1. The van der Waals surface area contributed by atoms with Crippen molar-refractivity contribution in [2.75, 3.05) is 19.6 Å². The Morgan fingerprint density at radius 1 is 1.43 bits per heavy atom. The predicted molar refractivity (Wildman–Crippen MR) is 79.4 cm³/mol. The lowest BCUT2D eigenvalue weighted by molar-refractivity contribution is -0.0499. The number of hydrogen-bond donors (Lipinski definition) is 1. The first-order chi connectivity index (χ1) is 10.0. The van der Waals surface area contributed by atoms with E-state index in [4.69, 9.17) is 5.73 Å². The molecule has 1 aromatic rings. The zero-order chi connectivity index (χ0) is 15.4. The summed E-state index contributed by atoms with van der Waals surface area (Å²) in [5.74, 6) is 1.36. The lowest BCUT2D eigenvalue weighted by atomic mass is 9.86. The van der Waals surface area contributed by atoms with E-state index < -0.39 is 6.61 Å². The molecule has 1 aliphatic rings. The fourth-order valence-electron chi connectivity index (χ4n) is 3.00. The average Bonchev–Trinajstić information content (AvgIpc) is 2.46. The molecule has 0 aromatic heterocycles. The van der Waals surface area contributed by atoms with Crippen LogP contribution in [0.25, 0.3) is 0 Å². The molecule has 0 aliphatic carbocycles. The van der Waals surface area contributed by atoms with Gasteiger partial charge in [0, 0.05) is 12.6 Å². The highest BCUT2D eigenvalue weighted by Gasteiger charge is 2.28. The van der Waals surface area contributed by atoms with Crippen molar-refractivity contribution in [3.05, 3.63) is 29.8 Å². The molecule has 21 heavy (non-hydrogen) atoms. The van der Waals surface area contributed by atoms with Gasteiger partial charge in [-0.1, -0.05) is 19.1 Å². The molecule has 2 N–H and O–H groups in total. The number of piperidine rings is 1. The van der Waals surface area contributed by atoms with Gasteiger partial charge in [-0.2, -0.15) is 8.78 Å². The second-order valence-electron chi connectivity index (χ2n) is 5.88. The van der Waals surface area contributed by atoms with Crippen LogP contribution in [0.5, 0.6) is 5.75 Å². The SMILES string of the molecule is CC1CCN(C(C)c2cccc(OC(F)F)c2)CC1CN.